The molecule has 0 atom stereocenters. The van der Waals surface area contributed by atoms with E-state index in [2.05, 4.69) is 25.9 Å². The lowest BCUT2D eigenvalue weighted by Gasteiger charge is -2.09. The quantitative estimate of drug-likeness (QED) is 0.722. The first-order chi connectivity index (χ1) is 9.78. The number of halogens is 1. The van der Waals surface area contributed by atoms with Crippen molar-refractivity contribution in [2.45, 2.75) is 0 Å². The van der Waals surface area contributed by atoms with Crippen LogP contribution in [0.15, 0.2) is 53.4 Å². The molecule has 0 N–H and O–H groups in total. The Bertz CT molecular complexity index is 762. The number of hydrogen-bond acceptors (Lipinski definition) is 4. The lowest BCUT2D eigenvalue weighted by Crippen LogP contribution is -1.91. The molecule has 3 rings (SSSR count). The predicted octanol–water partition coefficient (Wildman–Crippen LogP) is 4.19. The molecular formula is C15H11BrN2O2. The molecule has 3 aromatic rings. The second-order valence-electron chi connectivity index (χ2n) is 4.11. The minimum absolute atomic E-state index is 0.529. The molecule has 5 heteroatoms. The van der Waals surface area contributed by atoms with Crippen LogP contribution in [0.25, 0.3) is 10.8 Å². The second-order valence-corrected chi connectivity index (χ2v) is 5.03. The van der Waals surface area contributed by atoms with E-state index in [0.29, 0.717) is 11.6 Å². The standard InChI is InChI=1S/C15H11BrN2O2/c1-19-14-4-2-3-13-12(14)5-6-18-15(13)20-11-7-10(16)8-17-9-11/h2-9H,1H3. The van der Waals surface area contributed by atoms with Crippen LogP contribution >= 0.6 is 15.9 Å². The number of nitrogens with zero attached hydrogens (tertiary/aromatic N) is 2. The van der Waals surface area contributed by atoms with Crippen molar-refractivity contribution in [1.29, 1.82) is 0 Å². The maximum atomic E-state index is 5.81. The molecule has 0 amide bonds. The first-order valence-corrected chi connectivity index (χ1v) is 6.77. The Morgan fingerprint density at radius 2 is 2.00 bits per heavy atom. The Labute approximate surface area is 124 Å². The highest BCUT2D eigenvalue weighted by atomic mass is 79.9. The van der Waals surface area contributed by atoms with Gasteiger partial charge in [-0.3, -0.25) is 4.98 Å². The lowest BCUT2D eigenvalue weighted by atomic mass is 10.1. The highest BCUT2D eigenvalue weighted by Crippen LogP contribution is 2.32. The van der Waals surface area contributed by atoms with Gasteiger partial charge in [0.15, 0.2) is 0 Å². The monoisotopic (exact) mass is 330 g/mol. The van der Waals surface area contributed by atoms with Gasteiger partial charge >= 0.3 is 0 Å². The molecule has 0 aliphatic carbocycles. The maximum absolute atomic E-state index is 5.81. The number of hydrogen-bond donors (Lipinski definition) is 0. The molecule has 0 fully saturated rings. The summed E-state index contributed by atoms with van der Waals surface area (Å²) in [6, 6.07) is 9.51. The van der Waals surface area contributed by atoms with Crippen molar-refractivity contribution in [3.05, 3.63) is 53.4 Å². The van der Waals surface area contributed by atoms with Gasteiger partial charge < -0.3 is 9.47 Å². The third-order valence-corrected chi connectivity index (χ3v) is 3.28. The van der Waals surface area contributed by atoms with Crippen molar-refractivity contribution in [3.63, 3.8) is 0 Å². The van der Waals surface area contributed by atoms with E-state index >= 15 is 0 Å². The number of pyridine rings is 2. The molecule has 100 valence electrons. The molecule has 0 bridgehead atoms. The molecule has 1 aromatic carbocycles. The summed E-state index contributed by atoms with van der Waals surface area (Å²) in [5.74, 6) is 1.95. The normalized spacial score (nSPS) is 10.5. The van der Waals surface area contributed by atoms with Crippen molar-refractivity contribution in [3.8, 4) is 17.4 Å². The van der Waals surface area contributed by atoms with Gasteiger partial charge in [-0.15, -0.1) is 0 Å². The zero-order valence-corrected chi connectivity index (χ0v) is 12.3. The highest BCUT2D eigenvalue weighted by molar-refractivity contribution is 9.10. The van der Waals surface area contributed by atoms with Crippen LogP contribution in [0, 0.1) is 0 Å². The largest absolute Gasteiger partial charge is 0.496 e. The van der Waals surface area contributed by atoms with E-state index in [1.165, 1.54) is 0 Å². The first-order valence-electron chi connectivity index (χ1n) is 5.98. The van der Waals surface area contributed by atoms with Gasteiger partial charge in [-0.1, -0.05) is 6.07 Å². The molecule has 0 saturated carbocycles. The van der Waals surface area contributed by atoms with Crippen LogP contribution in [0.4, 0.5) is 0 Å². The van der Waals surface area contributed by atoms with Crippen LogP contribution in [-0.4, -0.2) is 17.1 Å². The van der Waals surface area contributed by atoms with Gasteiger partial charge in [-0.25, -0.2) is 4.98 Å². The smallest absolute Gasteiger partial charge is 0.227 e. The van der Waals surface area contributed by atoms with E-state index < -0.39 is 0 Å². The third-order valence-electron chi connectivity index (χ3n) is 2.84. The van der Waals surface area contributed by atoms with Gasteiger partial charge in [0.25, 0.3) is 0 Å². The Hall–Kier alpha value is -2.14. The van der Waals surface area contributed by atoms with Crippen molar-refractivity contribution >= 4 is 26.7 Å². The summed E-state index contributed by atoms with van der Waals surface area (Å²) in [5, 5.41) is 1.86. The Morgan fingerprint density at radius 3 is 2.80 bits per heavy atom. The Kier molecular flexibility index (Phi) is 3.52. The van der Waals surface area contributed by atoms with Crippen LogP contribution in [0.3, 0.4) is 0 Å². The van der Waals surface area contributed by atoms with Crippen LogP contribution in [0.5, 0.6) is 17.4 Å². The summed E-state index contributed by atoms with van der Waals surface area (Å²) in [6.07, 6.45) is 5.05. The second kappa shape index (κ2) is 5.46. The van der Waals surface area contributed by atoms with Gasteiger partial charge in [0.1, 0.15) is 11.5 Å². The number of methoxy groups -OCH3 is 1. The molecule has 2 heterocycles. The summed E-state index contributed by atoms with van der Waals surface area (Å²) in [5.41, 5.74) is 0. The molecule has 20 heavy (non-hydrogen) atoms. The summed E-state index contributed by atoms with van der Waals surface area (Å²) in [7, 11) is 1.65. The first kappa shape index (κ1) is 12.9. The summed E-state index contributed by atoms with van der Waals surface area (Å²) in [6.45, 7) is 0. The van der Waals surface area contributed by atoms with Gasteiger partial charge in [-0.05, 0) is 40.2 Å². The molecule has 0 aliphatic rings. The number of ether oxygens (including phenoxy) is 2. The number of rotatable bonds is 3. The zero-order valence-electron chi connectivity index (χ0n) is 10.7. The fourth-order valence-electron chi connectivity index (χ4n) is 1.97. The van der Waals surface area contributed by atoms with E-state index in [1.54, 1.807) is 25.7 Å². The fraction of sp³-hybridized carbons (Fsp3) is 0.0667. The molecular weight excluding hydrogens is 320 g/mol. The van der Waals surface area contributed by atoms with Crippen molar-refractivity contribution < 1.29 is 9.47 Å². The van der Waals surface area contributed by atoms with Gasteiger partial charge in [0.05, 0.1) is 13.3 Å². The zero-order chi connectivity index (χ0) is 13.9. The van der Waals surface area contributed by atoms with Crippen LogP contribution in [0.2, 0.25) is 0 Å². The molecule has 0 radical (unpaired) electrons. The molecule has 2 aromatic heterocycles. The maximum Gasteiger partial charge on any atom is 0.227 e. The van der Waals surface area contributed by atoms with Crippen molar-refractivity contribution in [2.24, 2.45) is 0 Å². The SMILES string of the molecule is COc1cccc2c(Oc3cncc(Br)c3)nccc12. The van der Waals surface area contributed by atoms with E-state index in [1.807, 2.05) is 30.3 Å². The van der Waals surface area contributed by atoms with Crippen molar-refractivity contribution in [2.75, 3.05) is 7.11 Å². The highest BCUT2D eigenvalue weighted by Gasteiger charge is 2.08. The van der Waals surface area contributed by atoms with E-state index in [9.17, 15) is 0 Å². The van der Waals surface area contributed by atoms with E-state index in [0.717, 1.165) is 21.0 Å². The lowest BCUT2D eigenvalue weighted by molar-refractivity contribution is 0.419. The van der Waals surface area contributed by atoms with Gasteiger partial charge in [0.2, 0.25) is 5.88 Å². The number of benzene rings is 1. The molecule has 0 unspecified atom stereocenters. The molecule has 4 nitrogen and oxygen atoms in total. The number of fused-ring (bicyclic) bond motifs is 1. The minimum Gasteiger partial charge on any atom is -0.496 e. The third kappa shape index (κ3) is 2.44. The van der Waals surface area contributed by atoms with Gasteiger partial charge in [0, 0.05) is 27.6 Å². The van der Waals surface area contributed by atoms with Gasteiger partial charge in [-0.2, -0.15) is 0 Å². The van der Waals surface area contributed by atoms with E-state index in [-0.39, 0.29) is 0 Å². The fourth-order valence-corrected chi connectivity index (χ4v) is 2.31. The molecule has 0 saturated heterocycles. The summed E-state index contributed by atoms with van der Waals surface area (Å²) >= 11 is 3.37. The predicted molar refractivity (Wildman–Crippen MR) is 80.3 cm³/mol. The number of aromatic nitrogens is 2. The summed E-state index contributed by atoms with van der Waals surface area (Å²) in [4.78, 5) is 8.36. The van der Waals surface area contributed by atoms with Crippen LogP contribution < -0.4 is 9.47 Å². The van der Waals surface area contributed by atoms with Crippen LogP contribution in [-0.2, 0) is 0 Å². The Balaban J connectivity index is 2.08. The Morgan fingerprint density at radius 1 is 1.10 bits per heavy atom. The molecule has 0 spiro atoms. The minimum atomic E-state index is 0.529. The average Bonchev–Trinajstić information content (AvgIpc) is 2.47. The summed E-state index contributed by atoms with van der Waals surface area (Å²) < 4.78 is 12.0. The van der Waals surface area contributed by atoms with E-state index in [4.69, 9.17) is 9.47 Å². The molecule has 0 aliphatic heterocycles. The topological polar surface area (TPSA) is 44.2 Å². The van der Waals surface area contributed by atoms with Crippen LogP contribution in [0.1, 0.15) is 0 Å². The van der Waals surface area contributed by atoms with Crippen molar-refractivity contribution in [1.82, 2.24) is 9.97 Å². The average molecular weight is 331 g/mol.